The van der Waals surface area contributed by atoms with Gasteiger partial charge in [-0.2, -0.15) is 0 Å². The van der Waals surface area contributed by atoms with Gasteiger partial charge in [0, 0.05) is 13.1 Å². The summed E-state index contributed by atoms with van der Waals surface area (Å²) in [6, 6.07) is 1.86. The maximum atomic E-state index is 14.1. The molecule has 1 aliphatic heterocycles. The number of guanidine groups is 1. The number of aliphatic imine (C=N–C) groups is 1. The number of piperidine rings is 1. The minimum Gasteiger partial charge on any atom is -0.465 e. The first-order valence-corrected chi connectivity index (χ1v) is 14.9. The maximum Gasteiger partial charge on any atom is 0.407 e. The fourth-order valence-corrected chi connectivity index (χ4v) is 6.83. The Morgan fingerprint density at radius 3 is 2.11 bits per heavy atom. The van der Waals surface area contributed by atoms with Crippen molar-refractivity contribution in [2.75, 3.05) is 13.1 Å². The molecule has 2 atom stereocenters. The van der Waals surface area contributed by atoms with Gasteiger partial charge in [-0.05, 0) is 66.5 Å². The third-order valence-corrected chi connectivity index (χ3v) is 8.61. The number of nitrogens with zero attached hydrogens (tertiary/aromatic N) is 2. The Labute approximate surface area is 227 Å². The molecule has 1 aromatic rings. The second-order valence-corrected chi connectivity index (χ2v) is 12.7. The molecule has 0 spiro atoms. The number of likely N-dealkylation sites (tertiary alicyclic amines) is 1. The first kappa shape index (κ1) is 31.6. The van der Waals surface area contributed by atoms with Crippen LogP contribution in [0.25, 0.3) is 0 Å². The summed E-state index contributed by atoms with van der Waals surface area (Å²) in [4.78, 5) is 30.8. The van der Waals surface area contributed by atoms with Crippen molar-refractivity contribution in [3.05, 3.63) is 28.8 Å². The van der Waals surface area contributed by atoms with Gasteiger partial charge in [0.25, 0.3) is 0 Å². The van der Waals surface area contributed by atoms with Crippen molar-refractivity contribution >= 4 is 27.9 Å². The fraction of sp³-hybridized carbons (Fsp3) is 0.667. The molecule has 1 saturated heterocycles. The summed E-state index contributed by atoms with van der Waals surface area (Å²) >= 11 is 0. The molecular formula is C27H45N5O5S. The fourth-order valence-electron chi connectivity index (χ4n) is 4.90. The highest BCUT2D eigenvalue weighted by Crippen LogP contribution is 2.35. The van der Waals surface area contributed by atoms with E-state index in [-0.39, 0.29) is 48.1 Å². The number of rotatable bonds is 12. The minimum atomic E-state index is -4.15. The number of carboxylic acid groups (broad SMARTS) is 1. The topological polar surface area (TPSA) is 168 Å². The lowest BCUT2D eigenvalue weighted by Gasteiger charge is -2.34. The Hall–Kier alpha value is -2.66. The second-order valence-electron chi connectivity index (χ2n) is 11.0. The summed E-state index contributed by atoms with van der Waals surface area (Å²) in [5.74, 6) is -0.472. The summed E-state index contributed by atoms with van der Waals surface area (Å²) in [6.45, 7) is 12.4. The standard InChI is InChI=1S/C27H45N5O5S/c1-16(2)19-14-20(17(3)4)25(21(15-19)18(5)6)38(36,37)31-22(10-9-12-30-26(28)29)24(33)23-11-7-8-13-32(23)27(34)35/h14-18,22-23,31H,7-13H2,1-6H3,(H,34,35)(H4,28,29,30). The van der Waals surface area contributed by atoms with Gasteiger partial charge in [-0.25, -0.2) is 17.9 Å². The van der Waals surface area contributed by atoms with E-state index >= 15 is 0 Å². The van der Waals surface area contributed by atoms with Crippen molar-refractivity contribution in [2.24, 2.45) is 16.5 Å². The van der Waals surface area contributed by atoms with E-state index in [1.165, 1.54) is 0 Å². The third-order valence-electron chi connectivity index (χ3n) is 7.01. The molecule has 1 heterocycles. The van der Waals surface area contributed by atoms with E-state index in [1.54, 1.807) is 0 Å². The largest absolute Gasteiger partial charge is 0.465 e. The highest BCUT2D eigenvalue weighted by atomic mass is 32.2. The van der Waals surface area contributed by atoms with E-state index in [0.717, 1.165) is 10.5 Å². The smallest absolute Gasteiger partial charge is 0.407 e. The summed E-state index contributed by atoms with van der Waals surface area (Å²) < 4.78 is 30.8. The van der Waals surface area contributed by atoms with Crippen LogP contribution in [0.2, 0.25) is 0 Å². The van der Waals surface area contributed by atoms with Gasteiger partial charge < -0.3 is 16.6 Å². The SMILES string of the molecule is CC(C)c1cc(C(C)C)c(S(=O)(=O)NC(CCCN=C(N)N)C(=O)C2CCCCN2C(=O)O)c(C(C)C)c1. The number of amides is 1. The molecule has 214 valence electrons. The van der Waals surface area contributed by atoms with Gasteiger partial charge in [0.1, 0.15) is 0 Å². The number of hydrogen-bond donors (Lipinski definition) is 4. The highest BCUT2D eigenvalue weighted by molar-refractivity contribution is 7.89. The van der Waals surface area contributed by atoms with Crippen molar-refractivity contribution in [1.82, 2.24) is 9.62 Å². The average Bonchev–Trinajstić information content (AvgIpc) is 2.84. The van der Waals surface area contributed by atoms with Crippen LogP contribution in [-0.2, 0) is 14.8 Å². The zero-order valence-corrected chi connectivity index (χ0v) is 24.3. The zero-order valence-electron chi connectivity index (χ0n) is 23.5. The number of sulfonamides is 1. The summed E-state index contributed by atoms with van der Waals surface area (Å²) in [5.41, 5.74) is 13.3. The molecular weight excluding hydrogens is 506 g/mol. The van der Waals surface area contributed by atoms with E-state index in [4.69, 9.17) is 11.5 Å². The first-order chi connectivity index (χ1) is 17.7. The Morgan fingerprint density at radius 2 is 1.63 bits per heavy atom. The van der Waals surface area contributed by atoms with Crippen LogP contribution in [0.15, 0.2) is 22.0 Å². The number of ketones is 1. The number of benzene rings is 1. The van der Waals surface area contributed by atoms with Gasteiger partial charge in [0.2, 0.25) is 10.0 Å². The number of nitrogens with one attached hydrogen (secondary N) is 1. The van der Waals surface area contributed by atoms with Gasteiger partial charge >= 0.3 is 6.09 Å². The third kappa shape index (κ3) is 7.92. The predicted octanol–water partition coefficient (Wildman–Crippen LogP) is 3.86. The number of nitrogens with two attached hydrogens (primary N) is 2. The molecule has 1 amide bonds. The van der Waals surface area contributed by atoms with Crippen LogP contribution in [0.5, 0.6) is 0 Å². The summed E-state index contributed by atoms with van der Waals surface area (Å²) in [5, 5.41) is 9.68. The molecule has 0 radical (unpaired) electrons. The predicted molar refractivity (Wildman–Crippen MR) is 150 cm³/mol. The van der Waals surface area contributed by atoms with Crippen molar-refractivity contribution in [2.45, 2.75) is 108 Å². The van der Waals surface area contributed by atoms with Crippen molar-refractivity contribution in [1.29, 1.82) is 0 Å². The van der Waals surface area contributed by atoms with E-state index in [2.05, 4.69) is 23.6 Å². The second kappa shape index (κ2) is 13.4. The van der Waals surface area contributed by atoms with Crippen LogP contribution in [0, 0.1) is 0 Å². The van der Waals surface area contributed by atoms with Gasteiger partial charge in [-0.3, -0.25) is 14.7 Å². The Morgan fingerprint density at radius 1 is 1.05 bits per heavy atom. The van der Waals surface area contributed by atoms with Crippen LogP contribution < -0.4 is 16.2 Å². The molecule has 1 fully saturated rings. The lowest BCUT2D eigenvalue weighted by Crippen LogP contribution is -2.54. The Kier molecular flexibility index (Phi) is 11.1. The normalized spacial score (nSPS) is 17.2. The number of carbonyl (C=O) groups excluding carboxylic acids is 1. The van der Waals surface area contributed by atoms with Crippen molar-refractivity contribution in [3.8, 4) is 0 Å². The first-order valence-electron chi connectivity index (χ1n) is 13.5. The monoisotopic (exact) mass is 551 g/mol. The average molecular weight is 552 g/mol. The van der Waals surface area contributed by atoms with Gasteiger partial charge in [-0.15, -0.1) is 0 Å². The summed E-state index contributed by atoms with van der Waals surface area (Å²) in [6.07, 6.45) is 1.01. The molecule has 1 aromatic carbocycles. The van der Waals surface area contributed by atoms with Crippen LogP contribution in [0.3, 0.4) is 0 Å². The zero-order chi connectivity index (χ0) is 28.8. The molecule has 6 N–H and O–H groups in total. The number of carbonyl (C=O) groups is 2. The molecule has 11 heteroatoms. The van der Waals surface area contributed by atoms with Crippen LogP contribution in [0.1, 0.15) is 108 Å². The molecule has 0 aromatic heterocycles. The van der Waals surface area contributed by atoms with Crippen molar-refractivity contribution in [3.63, 3.8) is 0 Å². The lowest BCUT2D eigenvalue weighted by molar-refractivity contribution is -0.126. The molecule has 10 nitrogen and oxygen atoms in total. The van der Waals surface area contributed by atoms with Gasteiger partial charge in [0.05, 0.1) is 17.0 Å². The molecule has 0 aliphatic carbocycles. The van der Waals surface area contributed by atoms with Gasteiger partial charge in [0.15, 0.2) is 11.7 Å². The van der Waals surface area contributed by atoms with E-state index in [0.29, 0.717) is 36.8 Å². The Bertz CT molecular complexity index is 1100. The number of Topliss-reactive ketones (excluding diaryl/α,β-unsaturated/α-hetero) is 1. The molecule has 0 bridgehead atoms. The minimum absolute atomic E-state index is 0.0744. The van der Waals surface area contributed by atoms with Crippen molar-refractivity contribution < 1.29 is 23.1 Å². The highest BCUT2D eigenvalue weighted by Gasteiger charge is 2.38. The number of hydrogen-bond acceptors (Lipinski definition) is 5. The van der Waals surface area contributed by atoms with Crippen LogP contribution >= 0.6 is 0 Å². The molecule has 38 heavy (non-hydrogen) atoms. The molecule has 1 aliphatic rings. The lowest BCUT2D eigenvalue weighted by atomic mass is 9.89. The van der Waals surface area contributed by atoms with Crippen LogP contribution in [0.4, 0.5) is 4.79 Å². The van der Waals surface area contributed by atoms with Gasteiger partial charge in [-0.1, -0.05) is 53.7 Å². The van der Waals surface area contributed by atoms with E-state index in [9.17, 15) is 23.1 Å². The summed E-state index contributed by atoms with van der Waals surface area (Å²) in [7, 11) is -4.15. The molecule has 2 rings (SSSR count). The van der Waals surface area contributed by atoms with E-state index < -0.39 is 34.0 Å². The van der Waals surface area contributed by atoms with E-state index in [1.807, 2.05) is 39.8 Å². The molecule has 2 unspecified atom stereocenters. The molecule has 0 saturated carbocycles. The maximum absolute atomic E-state index is 14.1. The van der Waals surface area contributed by atoms with Crippen LogP contribution in [-0.4, -0.2) is 61.4 Å². The quantitative estimate of drug-likeness (QED) is 0.174. The Balaban J connectivity index is 2.56.